The molecule has 0 saturated heterocycles. The highest BCUT2D eigenvalue weighted by atomic mass is 32.2. The van der Waals surface area contributed by atoms with Crippen molar-refractivity contribution in [1.82, 2.24) is 4.72 Å². The van der Waals surface area contributed by atoms with Crippen molar-refractivity contribution in [2.75, 3.05) is 7.11 Å². The van der Waals surface area contributed by atoms with Crippen molar-refractivity contribution in [2.45, 2.75) is 68.8 Å². The highest BCUT2D eigenvalue weighted by molar-refractivity contribution is 7.89. The average molecular weight is 682 g/mol. The maximum absolute atomic E-state index is 13.7. The van der Waals surface area contributed by atoms with Gasteiger partial charge in [-0.2, -0.15) is 0 Å². The van der Waals surface area contributed by atoms with E-state index in [9.17, 15) is 18.0 Å². The van der Waals surface area contributed by atoms with Gasteiger partial charge in [0.25, 0.3) is 0 Å². The Hall–Kier alpha value is -4.57. The van der Waals surface area contributed by atoms with Crippen LogP contribution in [-0.2, 0) is 35.6 Å². The Bertz CT molecular complexity index is 1790. The third-order valence-corrected chi connectivity index (χ3v) is 10.2. The van der Waals surface area contributed by atoms with Crippen molar-refractivity contribution in [3.63, 3.8) is 0 Å². The SMILES string of the molecule is COC(=O)CCC/C=C\C[C@@H]1[C@@H](NS(=O)(=O)c2ccc(C)cc2)[C@H](OC(=O)c2ccccc2)C[C@@H]1OCc1ccc(-c2ccccc2)cc1. The maximum Gasteiger partial charge on any atom is 0.338 e. The van der Waals surface area contributed by atoms with Crippen LogP contribution in [0.5, 0.6) is 0 Å². The summed E-state index contributed by atoms with van der Waals surface area (Å²) in [4.78, 5) is 25.0. The minimum atomic E-state index is -3.97. The topological polar surface area (TPSA) is 108 Å². The molecule has 8 nitrogen and oxygen atoms in total. The number of sulfonamides is 1. The van der Waals surface area contributed by atoms with Crippen molar-refractivity contribution in [3.05, 3.63) is 138 Å². The number of esters is 2. The summed E-state index contributed by atoms with van der Waals surface area (Å²) in [5, 5.41) is 0. The van der Waals surface area contributed by atoms with Crippen LogP contribution in [0.4, 0.5) is 0 Å². The fourth-order valence-corrected chi connectivity index (χ4v) is 7.36. The van der Waals surface area contributed by atoms with E-state index in [-0.39, 0.29) is 16.8 Å². The number of ether oxygens (including phenoxy) is 3. The predicted octanol–water partition coefficient (Wildman–Crippen LogP) is 7.43. The van der Waals surface area contributed by atoms with Crippen LogP contribution < -0.4 is 4.72 Å². The minimum Gasteiger partial charge on any atom is -0.469 e. The Morgan fingerprint density at radius 1 is 0.816 bits per heavy atom. The number of unbranched alkanes of at least 4 members (excludes halogenated alkanes) is 1. The molecule has 1 aliphatic carbocycles. The van der Waals surface area contributed by atoms with Gasteiger partial charge in [-0.15, -0.1) is 0 Å². The summed E-state index contributed by atoms with van der Waals surface area (Å²) in [5.74, 6) is -1.14. The van der Waals surface area contributed by atoms with Crippen LogP contribution in [-0.4, -0.2) is 45.7 Å². The minimum absolute atomic E-state index is 0.131. The number of benzene rings is 4. The van der Waals surface area contributed by atoms with E-state index in [1.54, 1.807) is 48.5 Å². The molecule has 0 bridgehead atoms. The lowest BCUT2D eigenvalue weighted by Crippen LogP contribution is -2.46. The summed E-state index contributed by atoms with van der Waals surface area (Å²) in [6.07, 6.45) is 5.15. The summed E-state index contributed by atoms with van der Waals surface area (Å²) in [6.45, 7) is 2.19. The van der Waals surface area contributed by atoms with E-state index in [0.717, 1.165) is 22.3 Å². The monoisotopic (exact) mass is 681 g/mol. The van der Waals surface area contributed by atoms with E-state index in [1.165, 1.54) is 7.11 Å². The molecule has 1 fully saturated rings. The van der Waals surface area contributed by atoms with Crippen molar-refractivity contribution in [1.29, 1.82) is 0 Å². The van der Waals surface area contributed by atoms with Crippen molar-refractivity contribution in [2.24, 2.45) is 5.92 Å². The predicted molar refractivity (Wildman–Crippen MR) is 189 cm³/mol. The molecule has 1 N–H and O–H groups in total. The lowest BCUT2D eigenvalue weighted by molar-refractivity contribution is -0.140. The molecule has 0 radical (unpaired) electrons. The molecule has 4 atom stereocenters. The van der Waals surface area contributed by atoms with Gasteiger partial charge in [0.15, 0.2) is 0 Å². The molecular formula is C40H43NO7S. The second kappa shape index (κ2) is 17.2. The number of rotatable bonds is 15. The smallest absolute Gasteiger partial charge is 0.338 e. The summed E-state index contributed by atoms with van der Waals surface area (Å²) in [7, 11) is -2.60. The molecule has 4 aromatic carbocycles. The first-order chi connectivity index (χ1) is 23.7. The Morgan fingerprint density at radius 2 is 1.47 bits per heavy atom. The van der Waals surface area contributed by atoms with Crippen molar-refractivity contribution in [3.8, 4) is 11.1 Å². The Balaban J connectivity index is 1.39. The second-order valence-electron chi connectivity index (χ2n) is 12.3. The van der Waals surface area contributed by atoms with Gasteiger partial charge < -0.3 is 14.2 Å². The fraction of sp³-hybridized carbons (Fsp3) is 0.300. The normalized spacial score (nSPS) is 19.1. The zero-order chi connectivity index (χ0) is 34.6. The number of carbonyl (C=O) groups is 2. The highest BCUT2D eigenvalue weighted by Gasteiger charge is 2.47. The quantitative estimate of drug-likeness (QED) is 0.0790. The van der Waals surface area contributed by atoms with E-state index in [0.29, 0.717) is 44.3 Å². The molecule has 0 amide bonds. The van der Waals surface area contributed by atoms with Gasteiger partial charge in [-0.05, 0) is 67.1 Å². The largest absolute Gasteiger partial charge is 0.469 e. The number of carbonyl (C=O) groups excluding carboxylic acids is 2. The molecule has 1 saturated carbocycles. The molecule has 9 heteroatoms. The van der Waals surface area contributed by atoms with Gasteiger partial charge in [0.1, 0.15) is 6.10 Å². The third kappa shape index (κ3) is 9.98. The standard InChI is InChI=1S/C40H43NO7S/c1-29-19-25-34(26-20-29)49(44,45)41-39-35(17-11-3-4-12-18-38(42)46-2)36(27-37(39)48-40(43)33-15-9-6-10-16-33)47-28-30-21-23-32(24-22-30)31-13-7-5-8-14-31/h3,5-11,13-16,19-26,35-37,39,41H,4,12,17-18,27-28H2,1-2H3/b11-3-/t35-,36-,37+,39+/m0/s1. The molecule has 49 heavy (non-hydrogen) atoms. The molecular weight excluding hydrogens is 639 g/mol. The van der Waals surface area contributed by atoms with Crippen LogP contribution in [0.25, 0.3) is 11.1 Å². The zero-order valence-corrected chi connectivity index (χ0v) is 28.7. The van der Waals surface area contributed by atoms with Crippen LogP contribution >= 0.6 is 0 Å². The first-order valence-electron chi connectivity index (χ1n) is 16.6. The number of hydrogen-bond donors (Lipinski definition) is 1. The number of hydrogen-bond acceptors (Lipinski definition) is 7. The first-order valence-corrected chi connectivity index (χ1v) is 18.0. The Kier molecular flexibility index (Phi) is 12.5. The molecule has 0 aromatic heterocycles. The van der Waals surface area contributed by atoms with Gasteiger partial charge in [0.2, 0.25) is 10.0 Å². The molecule has 0 aliphatic heterocycles. The molecule has 0 spiro atoms. The Labute approximate surface area is 289 Å². The van der Waals surface area contributed by atoms with Gasteiger partial charge in [0, 0.05) is 18.8 Å². The van der Waals surface area contributed by atoms with Gasteiger partial charge in [-0.1, -0.05) is 103 Å². The summed E-state index contributed by atoms with van der Waals surface area (Å²) >= 11 is 0. The number of aryl methyl sites for hydroxylation is 1. The number of methoxy groups -OCH3 is 1. The van der Waals surface area contributed by atoms with Crippen LogP contribution in [0.2, 0.25) is 0 Å². The van der Waals surface area contributed by atoms with Crippen LogP contribution in [0, 0.1) is 12.8 Å². The van der Waals surface area contributed by atoms with Crippen molar-refractivity contribution >= 4 is 22.0 Å². The van der Waals surface area contributed by atoms with E-state index in [2.05, 4.69) is 29.0 Å². The molecule has 0 unspecified atom stereocenters. The molecule has 4 aromatic rings. The van der Waals surface area contributed by atoms with Crippen LogP contribution in [0.1, 0.15) is 53.6 Å². The molecule has 0 heterocycles. The average Bonchev–Trinajstić information content (AvgIpc) is 3.43. The van der Waals surface area contributed by atoms with Crippen molar-refractivity contribution < 1.29 is 32.2 Å². The van der Waals surface area contributed by atoms with E-state index < -0.39 is 34.2 Å². The number of allylic oxidation sites excluding steroid dienone is 2. The fourth-order valence-electron chi connectivity index (χ4n) is 6.04. The number of nitrogens with one attached hydrogen (secondary N) is 1. The summed E-state index contributed by atoms with van der Waals surface area (Å²) in [5.41, 5.74) is 4.51. The lowest BCUT2D eigenvalue weighted by Gasteiger charge is -2.27. The van der Waals surface area contributed by atoms with Gasteiger partial charge >= 0.3 is 11.9 Å². The summed E-state index contributed by atoms with van der Waals surface area (Å²) < 4.78 is 47.7. The Morgan fingerprint density at radius 3 is 2.14 bits per heavy atom. The van der Waals surface area contributed by atoms with Crippen LogP contribution in [0.15, 0.2) is 126 Å². The van der Waals surface area contributed by atoms with Gasteiger partial charge in [-0.3, -0.25) is 4.79 Å². The van der Waals surface area contributed by atoms with E-state index >= 15 is 0 Å². The zero-order valence-electron chi connectivity index (χ0n) is 27.9. The highest BCUT2D eigenvalue weighted by Crippen LogP contribution is 2.36. The summed E-state index contributed by atoms with van der Waals surface area (Å²) in [6, 6.07) is 32.8. The van der Waals surface area contributed by atoms with Gasteiger partial charge in [0.05, 0.1) is 36.3 Å². The van der Waals surface area contributed by atoms with Crippen LogP contribution in [0.3, 0.4) is 0 Å². The molecule has 256 valence electrons. The first kappa shape index (κ1) is 35.7. The van der Waals surface area contributed by atoms with E-state index in [4.69, 9.17) is 14.2 Å². The lowest BCUT2D eigenvalue weighted by atomic mass is 9.97. The molecule has 5 rings (SSSR count). The molecule has 1 aliphatic rings. The second-order valence-corrected chi connectivity index (χ2v) is 14.0. The van der Waals surface area contributed by atoms with E-state index in [1.807, 2.05) is 55.5 Å². The third-order valence-electron chi connectivity index (χ3n) is 8.77. The maximum atomic E-state index is 13.7. The van der Waals surface area contributed by atoms with Gasteiger partial charge in [-0.25, -0.2) is 17.9 Å².